The molecule has 2 saturated heterocycles. The molecule has 0 N–H and O–H groups in total. The van der Waals surface area contributed by atoms with Gasteiger partial charge in [0.25, 0.3) is 0 Å². The van der Waals surface area contributed by atoms with Gasteiger partial charge in [0, 0.05) is 0 Å². The van der Waals surface area contributed by atoms with Gasteiger partial charge < -0.3 is 4.74 Å². The van der Waals surface area contributed by atoms with Gasteiger partial charge in [-0.1, -0.05) is 54.0 Å². The molecule has 0 aromatic heterocycles. The maximum Gasteiger partial charge on any atom is 0.123 e. The monoisotopic (exact) mass is 218 g/mol. The molecular formula is C13H18OSi. The van der Waals surface area contributed by atoms with E-state index in [1.54, 1.807) is 5.19 Å². The summed E-state index contributed by atoms with van der Waals surface area (Å²) in [5.74, 6) is 0. The first-order chi connectivity index (χ1) is 7.15. The number of hydrogen-bond acceptors (Lipinski definition) is 1. The van der Waals surface area contributed by atoms with Crippen LogP contribution < -0.4 is 5.19 Å². The Hall–Kier alpha value is -0.603. The average Bonchev–Trinajstić information content (AvgIpc) is 2.76. The summed E-state index contributed by atoms with van der Waals surface area (Å²) in [6.45, 7) is 4.49. The Kier molecular flexibility index (Phi) is 1.89. The third-order valence-electron chi connectivity index (χ3n) is 4.09. The molecule has 0 radical (unpaired) electrons. The molecule has 2 heterocycles. The van der Waals surface area contributed by atoms with Crippen LogP contribution in [-0.4, -0.2) is 19.4 Å². The predicted octanol–water partition coefficient (Wildman–Crippen LogP) is 2.46. The number of hydrogen-bond donors (Lipinski definition) is 0. The van der Waals surface area contributed by atoms with Crippen LogP contribution in [0.2, 0.25) is 12.1 Å². The fourth-order valence-corrected chi connectivity index (χ4v) is 8.31. The van der Waals surface area contributed by atoms with Crippen LogP contribution in [0.3, 0.4) is 0 Å². The molecule has 15 heavy (non-hydrogen) atoms. The van der Waals surface area contributed by atoms with Gasteiger partial charge in [0.2, 0.25) is 0 Å². The molecule has 2 aliphatic rings. The van der Waals surface area contributed by atoms with Gasteiger partial charge >= 0.3 is 0 Å². The summed E-state index contributed by atoms with van der Waals surface area (Å²) in [5.41, 5.74) is 0.754. The van der Waals surface area contributed by atoms with Crippen molar-refractivity contribution in [2.24, 2.45) is 0 Å². The van der Waals surface area contributed by atoms with Gasteiger partial charge in [0.15, 0.2) is 0 Å². The van der Waals surface area contributed by atoms with Crippen LogP contribution in [0, 0.1) is 0 Å². The van der Waals surface area contributed by atoms with Gasteiger partial charge in [-0.3, -0.25) is 0 Å². The van der Waals surface area contributed by atoms with Crippen LogP contribution in [0.4, 0.5) is 0 Å². The number of epoxide rings is 1. The Balaban J connectivity index is 1.95. The van der Waals surface area contributed by atoms with Gasteiger partial charge in [-0.25, -0.2) is 0 Å². The first-order valence-corrected chi connectivity index (χ1v) is 8.38. The maximum absolute atomic E-state index is 5.93. The maximum atomic E-state index is 5.93. The summed E-state index contributed by atoms with van der Waals surface area (Å²) in [5, 5.41) is 1.62. The fraction of sp³-hybridized carbons (Fsp3) is 0.538. The van der Waals surface area contributed by atoms with E-state index in [2.05, 4.69) is 44.2 Å². The summed E-state index contributed by atoms with van der Waals surface area (Å²) in [4.78, 5) is 0. The van der Waals surface area contributed by atoms with Crippen molar-refractivity contribution in [3.63, 3.8) is 0 Å². The zero-order chi connectivity index (χ0) is 10.5. The van der Waals surface area contributed by atoms with Crippen LogP contribution in [0.1, 0.15) is 20.3 Å². The second-order valence-corrected chi connectivity index (χ2v) is 9.89. The molecule has 1 unspecified atom stereocenters. The zero-order valence-electron chi connectivity index (χ0n) is 9.49. The van der Waals surface area contributed by atoms with Crippen molar-refractivity contribution in [3.05, 3.63) is 30.3 Å². The Labute approximate surface area is 92.5 Å². The lowest BCUT2D eigenvalue weighted by atomic mass is 10.3. The van der Waals surface area contributed by atoms with Crippen molar-refractivity contribution in [3.8, 4) is 0 Å². The van der Waals surface area contributed by atoms with E-state index in [4.69, 9.17) is 4.74 Å². The van der Waals surface area contributed by atoms with E-state index in [0.29, 0.717) is 5.73 Å². The third-order valence-corrected chi connectivity index (χ3v) is 9.88. The van der Waals surface area contributed by atoms with Gasteiger partial charge in [-0.2, -0.15) is 0 Å². The van der Waals surface area contributed by atoms with Gasteiger partial charge in [0.05, 0.1) is 11.3 Å². The standard InChI is InChI=1S/C13H18OSi/c1-13(2)12(14-13)15(9-6-10-15)11-7-4-3-5-8-11/h3-5,7-8,12H,6,9-10H2,1-2H3. The highest BCUT2D eigenvalue weighted by molar-refractivity contribution is 6.95. The predicted molar refractivity (Wildman–Crippen MR) is 65.0 cm³/mol. The van der Waals surface area contributed by atoms with Crippen LogP contribution in [-0.2, 0) is 4.74 Å². The van der Waals surface area contributed by atoms with Crippen molar-refractivity contribution in [2.75, 3.05) is 0 Å². The zero-order valence-corrected chi connectivity index (χ0v) is 10.5. The van der Waals surface area contributed by atoms with Crippen molar-refractivity contribution < 1.29 is 4.74 Å². The van der Waals surface area contributed by atoms with Crippen LogP contribution in [0.15, 0.2) is 30.3 Å². The molecule has 2 aliphatic heterocycles. The Bertz CT molecular complexity index is 367. The Morgan fingerprint density at radius 3 is 2.20 bits per heavy atom. The average molecular weight is 218 g/mol. The van der Waals surface area contributed by atoms with Crippen molar-refractivity contribution in [2.45, 2.75) is 43.7 Å². The van der Waals surface area contributed by atoms with E-state index in [-0.39, 0.29) is 5.60 Å². The molecule has 0 bridgehead atoms. The molecule has 80 valence electrons. The van der Waals surface area contributed by atoms with E-state index in [1.807, 2.05) is 0 Å². The van der Waals surface area contributed by atoms with E-state index in [0.717, 1.165) is 0 Å². The Morgan fingerprint density at radius 1 is 1.20 bits per heavy atom. The molecule has 0 spiro atoms. The highest BCUT2D eigenvalue weighted by Crippen LogP contribution is 2.50. The van der Waals surface area contributed by atoms with Crippen LogP contribution in [0.5, 0.6) is 0 Å². The smallest absolute Gasteiger partial charge is 0.123 e. The Morgan fingerprint density at radius 2 is 1.80 bits per heavy atom. The van der Waals surface area contributed by atoms with Crippen molar-refractivity contribution in [1.29, 1.82) is 0 Å². The first-order valence-electron chi connectivity index (χ1n) is 5.88. The second kappa shape index (κ2) is 2.95. The molecular weight excluding hydrogens is 200 g/mol. The summed E-state index contributed by atoms with van der Waals surface area (Å²) in [6.07, 6.45) is 1.41. The first kappa shape index (κ1) is 9.61. The minimum absolute atomic E-state index is 0.169. The van der Waals surface area contributed by atoms with E-state index in [1.165, 1.54) is 18.5 Å². The molecule has 0 amide bonds. The fourth-order valence-electron chi connectivity index (χ4n) is 3.08. The third kappa shape index (κ3) is 1.31. The lowest BCUT2D eigenvalue weighted by Crippen LogP contribution is -2.59. The largest absolute Gasteiger partial charge is 0.370 e. The molecule has 1 aromatic carbocycles. The summed E-state index contributed by atoms with van der Waals surface area (Å²) < 4.78 is 5.93. The summed E-state index contributed by atoms with van der Waals surface area (Å²) in [6, 6.07) is 14.0. The van der Waals surface area contributed by atoms with Crippen LogP contribution in [0.25, 0.3) is 0 Å². The number of rotatable bonds is 2. The molecule has 0 aliphatic carbocycles. The summed E-state index contributed by atoms with van der Waals surface area (Å²) >= 11 is 0. The molecule has 3 rings (SSSR count). The molecule has 2 fully saturated rings. The van der Waals surface area contributed by atoms with Gasteiger partial charge in [-0.05, 0) is 13.8 Å². The molecule has 1 atom stereocenters. The highest BCUT2D eigenvalue weighted by atomic mass is 28.3. The normalized spacial score (nSPS) is 30.7. The minimum atomic E-state index is -1.24. The van der Waals surface area contributed by atoms with Gasteiger partial charge in [-0.15, -0.1) is 0 Å². The quantitative estimate of drug-likeness (QED) is 0.549. The van der Waals surface area contributed by atoms with Crippen molar-refractivity contribution >= 4 is 13.3 Å². The van der Waals surface area contributed by atoms with E-state index < -0.39 is 8.07 Å². The number of benzene rings is 1. The molecule has 1 nitrogen and oxygen atoms in total. The molecule has 2 heteroatoms. The SMILES string of the molecule is CC1(C)OC1[Si]1(c2ccccc2)CCC1. The van der Waals surface area contributed by atoms with Crippen LogP contribution >= 0.6 is 0 Å². The van der Waals surface area contributed by atoms with E-state index >= 15 is 0 Å². The van der Waals surface area contributed by atoms with Crippen molar-refractivity contribution in [1.82, 2.24) is 0 Å². The van der Waals surface area contributed by atoms with Gasteiger partial charge in [0.1, 0.15) is 8.07 Å². The topological polar surface area (TPSA) is 12.5 Å². The summed E-state index contributed by atoms with van der Waals surface area (Å²) in [7, 11) is -1.24. The highest BCUT2D eigenvalue weighted by Gasteiger charge is 2.64. The lowest BCUT2D eigenvalue weighted by Gasteiger charge is -2.39. The van der Waals surface area contributed by atoms with E-state index in [9.17, 15) is 0 Å². The lowest BCUT2D eigenvalue weighted by molar-refractivity contribution is 0.336. The number of ether oxygens (including phenoxy) is 1. The molecule has 1 aromatic rings. The minimum Gasteiger partial charge on any atom is -0.370 e. The second-order valence-electron chi connectivity index (χ2n) is 5.48. The molecule has 0 saturated carbocycles.